The Bertz CT molecular complexity index is 455. The molecule has 0 bridgehead atoms. The van der Waals surface area contributed by atoms with Crippen molar-refractivity contribution in [1.29, 1.82) is 0 Å². The maximum Gasteiger partial charge on any atom is 0.303 e. The summed E-state index contributed by atoms with van der Waals surface area (Å²) in [7, 11) is 0. The average molecular weight is 353 g/mol. The summed E-state index contributed by atoms with van der Waals surface area (Å²) in [5, 5.41) is 18.8. The monoisotopic (exact) mass is 352 g/mol. The Kier molecular flexibility index (Phi) is 10.0. The van der Waals surface area contributed by atoms with E-state index in [1.54, 1.807) is 0 Å². The highest BCUT2D eigenvalue weighted by atomic mass is 16.4. The first-order valence-electron chi connectivity index (χ1n) is 10.0. The lowest BCUT2D eigenvalue weighted by atomic mass is 9.76. The number of ketones is 1. The van der Waals surface area contributed by atoms with Crippen LogP contribution in [0.4, 0.5) is 0 Å². The minimum absolute atomic E-state index is 0.233. The molecule has 0 amide bonds. The number of unbranched alkanes of at least 4 members (excludes halogenated alkanes) is 5. The molecule has 0 spiro atoms. The Morgan fingerprint density at radius 1 is 1.16 bits per heavy atom. The zero-order chi connectivity index (χ0) is 18.7. The van der Waals surface area contributed by atoms with Crippen LogP contribution in [-0.2, 0) is 9.59 Å². The van der Waals surface area contributed by atoms with Gasteiger partial charge < -0.3 is 10.2 Å². The van der Waals surface area contributed by atoms with E-state index in [1.807, 2.05) is 0 Å². The van der Waals surface area contributed by atoms with Crippen molar-refractivity contribution < 1.29 is 19.8 Å². The van der Waals surface area contributed by atoms with Gasteiger partial charge in [-0.3, -0.25) is 9.59 Å². The van der Waals surface area contributed by atoms with Gasteiger partial charge in [-0.25, -0.2) is 0 Å². The Morgan fingerprint density at radius 3 is 2.56 bits per heavy atom. The van der Waals surface area contributed by atoms with Gasteiger partial charge in [-0.05, 0) is 39.0 Å². The molecule has 0 aromatic rings. The fourth-order valence-electron chi connectivity index (χ4n) is 3.73. The first-order chi connectivity index (χ1) is 11.9. The van der Waals surface area contributed by atoms with Crippen molar-refractivity contribution in [2.45, 2.75) is 103 Å². The average Bonchev–Trinajstić information content (AvgIpc) is 2.84. The summed E-state index contributed by atoms with van der Waals surface area (Å²) in [5.74, 6) is -0.436. The molecule has 1 aliphatic carbocycles. The number of allylic oxidation sites excluding steroid dienone is 2. The second kappa shape index (κ2) is 11.5. The summed E-state index contributed by atoms with van der Waals surface area (Å²) >= 11 is 0. The van der Waals surface area contributed by atoms with Crippen LogP contribution in [-0.4, -0.2) is 28.1 Å². The molecule has 0 aromatic heterocycles. The second-order valence-corrected chi connectivity index (χ2v) is 7.69. The lowest BCUT2D eigenvalue weighted by Gasteiger charge is -2.27. The summed E-state index contributed by atoms with van der Waals surface area (Å²) in [6.45, 7) is 4.21. The van der Waals surface area contributed by atoms with Crippen molar-refractivity contribution >= 4 is 11.8 Å². The smallest absolute Gasteiger partial charge is 0.303 e. The Labute approximate surface area is 152 Å². The summed E-state index contributed by atoms with van der Waals surface area (Å²) in [6, 6.07) is 0. The fraction of sp³-hybridized carbons (Fsp3) is 0.810. The normalized spacial score (nSPS) is 21.4. The molecular formula is C21H36O4. The summed E-state index contributed by atoms with van der Waals surface area (Å²) in [5.41, 5.74) is 0.841. The van der Waals surface area contributed by atoms with E-state index in [-0.39, 0.29) is 17.9 Å². The molecule has 0 aromatic carbocycles. The molecule has 1 rings (SSSR count). The highest BCUT2D eigenvalue weighted by Gasteiger charge is 2.39. The SMILES string of the molecule is CCCCC[C@H](O)CCC1=CCC(=O)[C@]1(C)CCCCCCC(=O)O. The van der Waals surface area contributed by atoms with E-state index in [0.717, 1.165) is 64.2 Å². The number of hydrogen-bond acceptors (Lipinski definition) is 3. The Morgan fingerprint density at radius 2 is 1.88 bits per heavy atom. The van der Waals surface area contributed by atoms with Crippen LogP contribution in [0.5, 0.6) is 0 Å². The van der Waals surface area contributed by atoms with Crippen molar-refractivity contribution in [2.24, 2.45) is 5.41 Å². The van der Waals surface area contributed by atoms with Gasteiger partial charge in [-0.1, -0.05) is 57.1 Å². The van der Waals surface area contributed by atoms with E-state index in [9.17, 15) is 14.7 Å². The maximum atomic E-state index is 12.4. The molecule has 0 unspecified atom stereocenters. The van der Waals surface area contributed by atoms with Crippen LogP contribution >= 0.6 is 0 Å². The Balaban J connectivity index is 2.35. The highest BCUT2D eigenvalue weighted by molar-refractivity contribution is 5.91. The van der Waals surface area contributed by atoms with Crippen LogP contribution in [0.2, 0.25) is 0 Å². The van der Waals surface area contributed by atoms with Gasteiger partial charge in [0, 0.05) is 18.3 Å². The van der Waals surface area contributed by atoms with Gasteiger partial charge >= 0.3 is 5.97 Å². The molecule has 4 heteroatoms. The number of Topliss-reactive ketones (excluding diaryl/α,β-unsaturated/α-hetero) is 1. The topological polar surface area (TPSA) is 74.6 Å². The van der Waals surface area contributed by atoms with E-state index in [2.05, 4.69) is 19.9 Å². The third-order valence-corrected chi connectivity index (χ3v) is 5.56. The number of rotatable bonds is 14. The number of aliphatic hydroxyl groups is 1. The minimum Gasteiger partial charge on any atom is -0.481 e. The third kappa shape index (κ3) is 7.72. The van der Waals surface area contributed by atoms with E-state index in [4.69, 9.17) is 5.11 Å². The van der Waals surface area contributed by atoms with Crippen LogP contribution < -0.4 is 0 Å². The molecule has 0 aliphatic heterocycles. The number of carbonyl (C=O) groups excluding carboxylic acids is 1. The van der Waals surface area contributed by atoms with Crippen molar-refractivity contribution in [3.8, 4) is 0 Å². The molecule has 0 heterocycles. The number of carboxylic acids is 1. The number of carboxylic acid groups (broad SMARTS) is 1. The predicted molar refractivity (Wildman–Crippen MR) is 101 cm³/mol. The van der Waals surface area contributed by atoms with Gasteiger partial charge in [0.05, 0.1) is 6.10 Å². The molecule has 0 saturated carbocycles. The second-order valence-electron chi connectivity index (χ2n) is 7.69. The maximum absolute atomic E-state index is 12.4. The molecule has 2 N–H and O–H groups in total. The summed E-state index contributed by atoms with van der Waals surface area (Å²) in [4.78, 5) is 22.9. The standard InChI is InChI=1S/C21H36O4/c1-3-4-7-10-18(22)14-12-17-13-15-19(23)21(17,2)16-9-6-5-8-11-20(24)25/h13,18,22H,3-12,14-16H2,1-2H3,(H,24,25)/t18-,21+/m0/s1. The molecule has 0 fully saturated rings. The zero-order valence-corrected chi connectivity index (χ0v) is 16.1. The molecule has 1 aliphatic rings. The van der Waals surface area contributed by atoms with Gasteiger partial charge in [-0.15, -0.1) is 0 Å². The van der Waals surface area contributed by atoms with Gasteiger partial charge in [0.2, 0.25) is 0 Å². The van der Waals surface area contributed by atoms with E-state index >= 15 is 0 Å². The zero-order valence-electron chi connectivity index (χ0n) is 16.1. The molecule has 144 valence electrons. The molecular weight excluding hydrogens is 316 g/mol. The van der Waals surface area contributed by atoms with Crippen molar-refractivity contribution in [3.05, 3.63) is 11.6 Å². The van der Waals surface area contributed by atoms with Gasteiger partial charge in [-0.2, -0.15) is 0 Å². The van der Waals surface area contributed by atoms with E-state index < -0.39 is 5.97 Å². The lowest BCUT2D eigenvalue weighted by molar-refractivity contribution is -0.137. The Hall–Kier alpha value is -1.16. The summed E-state index contributed by atoms with van der Waals surface area (Å²) < 4.78 is 0. The van der Waals surface area contributed by atoms with Crippen LogP contribution in [0, 0.1) is 5.41 Å². The van der Waals surface area contributed by atoms with Crippen LogP contribution in [0.15, 0.2) is 11.6 Å². The first-order valence-corrected chi connectivity index (χ1v) is 10.0. The van der Waals surface area contributed by atoms with Crippen LogP contribution in [0.3, 0.4) is 0 Å². The number of carbonyl (C=O) groups is 2. The summed E-state index contributed by atoms with van der Waals surface area (Å²) in [6.07, 6.45) is 12.8. The molecule has 25 heavy (non-hydrogen) atoms. The largest absolute Gasteiger partial charge is 0.481 e. The van der Waals surface area contributed by atoms with Gasteiger partial charge in [0.15, 0.2) is 0 Å². The lowest BCUT2D eigenvalue weighted by Crippen LogP contribution is -2.26. The number of aliphatic hydroxyl groups excluding tert-OH is 1. The number of aliphatic carboxylic acids is 1. The van der Waals surface area contributed by atoms with Crippen molar-refractivity contribution in [3.63, 3.8) is 0 Å². The van der Waals surface area contributed by atoms with Gasteiger partial charge in [0.1, 0.15) is 5.78 Å². The molecule has 2 atom stereocenters. The molecule has 0 radical (unpaired) electrons. The molecule has 0 saturated heterocycles. The van der Waals surface area contributed by atoms with Crippen LogP contribution in [0.1, 0.15) is 97.3 Å². The van der Waals surface area contributed by atoms with E-state index in [1.165, 1.54) is 5.57 Å². The number of hydrogen-bond donors (Lipinski definition) is 2. The minimum atomic E-state index is -0.736. The molecule has 4 nitrogen and oxygen atoms in total. The van der Waals surface area contributed by atoms with Crippen molar-refractivity contribution in [2.75, 3.05) is 0 Å². The van der Waals surface area contributed by atoms with Gasteiger partial charge in [0.25, 0.3) is 0 Å². The van der Waals surface area contributed by atoms with Crippen LogP contribution in [0.25, 0.3) is 0 Å². The quantitative estimate of drug-likeness (QED) is 0.339. The fourth-order valence-corrected chi connectivity index (χ4v) is 3.73. The highest BCUT2D eigenvalue weighted by Crippen LogP contribution is 2.42. The van der Waals surface area contributed by atoms with Crippen molar-refractivity contribution in [1.82, 2.24) is 0 Å². The first kappa shape index (κ1) is 21.9. The predicted octanol–water partition coefficient (Wildman–Crippen LogP) is 5.04. The van der Waals surface area contributed by atoms with E-state index in [0.29, 0.717) is 18.6 Å². The third-order valence-electron chi connectivity index (χ3n) is 5.56.